The van der Waals surface area contributed by atoms with E-state index in [1.807, 2.05) is 25.2 Å². The van der Waals surface area contributed by atoms with Crippen molar-refractivity contribution < 1.29 is 84.4 Å². The van der Waals surface area contributed by atoms with Gasteiger partial charge in [-0.3, -0.25) is 14.4 Å². The standard InChI is InChI=1S/C50H79N3O17/c1-29-17-15-13-11-9-7-5-6-8-10-12-14-16-18-36(69-49-47(64)44(52)46(63)32(4)68-49)26-40-43(48(65)53-22-21-41(51)60)39(59)28-50(66,70-40)27-35(56)24-38(58)37(57)20-19-33(54)23-34(55)25-42(61)67-31(3)30(2)45(29)62/h5-18,29-40,43-47,49,54-59,62-64,66H,19-28,52H2,1-4H3,(H2,51,60)(H,53,65)/b6-5+,9-7+,10-8+,13-11+,14-12+,17-15+,18-16+/t29-,30-,31-,32+,33?,34?,35?,36?,37?,38?,39-,40-,43?,44-,45?,46?,47?,49-,50?/m0/s1. The van der Waals surface area contributed by atoms with Crippen molar-refractivity contribution in [2.75, 3.05) is 6.54 Å². The van der Waals surface area contributed by atoms with Crippen LogP contribution in [0.3, 0.4) is 0 Å². The summed E-state index contributed by atoms with van der Waals surface area (Å²) in [6.45, 7) is 6.57. The van der Waals surface area contributed by atoms with Gasteiger partial charge in [0.2, 0.25) is 11.8 Å². The number of hydrogen-bond acceptors (Lipinski definition) is 18. The molecule has 0 spiro atoms. The number of primary amides is 1. The number of nitrogens with one attached hydrogen (secondary N) is 1. The Kier molecular flexibility index (Phi) is 26.0. The summed E-state index contributed by atoms with van der Waals surface area (Å²) in [6.07, 6.45) is 3.41. The van der Waals surface area contributed by atoms with Crippen molar-refractivity contribution in [2.45, 2.75) is 183 Å². The van der Waals surface area contributed by atoms with E-state index in [9.17, 15) is 65.4 Å². The number of fused-ring (bicyclic) bond motifs is 2. The molecular formula is C50H79N3O17. The number of allylic oxidation sites excluding steroid dienone is 12. The van der Waals surface area contributed by atoms with E-state index in [1.165, 1.54) is 6.92 Å². The Morgan fingerprint density at radius 2 is 1.29 bits per heavy atom. The fourth-order valence-corrected chi connectivity index (χ4v) is 8.42. The van der Waals surface area contributed by atoms with Crippen LogP contribution in [-0.2, 0) is 33.3 Å². The Morgan fingerprint density at radius 1 is 0.700 bits per heavy atom. The topological polar surface area (TPSA) is 355 Å². The van der Waals surface area contributed by atoms with Crippen LogP contribution in [0.25, 0.3) is 0 Å². The maximum absolute atomic E-state index is 13.6. The summed E-state index contributed by atoms with van der Waals surface area (Å²) in [5.41, 5.74) is 11.3. The minimum Gasteiger partial charge on any atom is -0.462 e. The molecule has 396 valence electrons. The van der Waals surface area contributed by atoms with Gasteiger partial charge >= 0.3 is 5.97 Å². The summed E-state index contributed by atoms with van der Waals surface area (Å²) in [7, 11) is 0. The molecule has 0 aromatic rings. The summed E-state index contributed by atoms with van der Waals surface area (Å²) >= 11 is 0. The zero-order chi connectivity index (χ0) is 52.1. The summed E-state index contributed by atoms with van der Waals surface area (Å²) in [4.78, 5) is 37.7. The lowest BCUT2D eigenvalue weighted by Gasteiger charge is -2.46. The van der Waals surface area contributed by atoms with Crippen molar-refractivity contribution in [3.05, 3.63) is 85.1 Å². The van der Waals surface area contributed by atoms with E-state index in [0.29, 0.717) is 0 Å². The highest BCUT2D eigenvalue weighted by atomic mass is 16.7. The van der Waals surface area contributed by atoms with Gasteiger partial charge in [-0.2, -0.15) is 0 Å². The fourth-order valence-electron chi connectivity index (χ4n) is 8.42. The van der Waals surface area contributed by atoms with Crippen LogP contribution in [0, 0.1) is 17.8 Å². The second-order valence-corrected chi connectivity index (χ2v) is 18.7. The van der Waals surface area contributed by atoms with E-state index in [-0.39, 0.29) is 44.6 Å². The second kappa shape index (κ2) is 30.2. The molecule has 0 aliphatic carbocycles. The third-order valence-electron chi connectivity index (χ3n) is 12.7. The van der Waals surface area contributed by atoms with Gasteiger partial charge in [0, 0.05) is 50.5 Å². The molecule has 20 nitrogen and oxygen atoms in total. The number of ether oxygens (including phenoxy) is 4. The van der Waals surface area contributed by atoms with Gasteiger partial charge in [-0.05, 0) is 33.1 Å². The van der Waals surface area contributed by atoms with Crippen LogP contribution >= 0.6 is 0 Å². The second-order valence-electron chi connectivity index (χ2n) is 18.7. The minimum atomic E-state index is -2.33. The van der Waals surface area contributed by atoms with Gasteiger partial charge in [0.05, 0.1) is 85.5 Å². The number of nitrogens with two attached hydrogens (primary N) is 2. The maximum Gasteiger partial charge on any atom is 0.308 e. The summed E-state index contributed by atoms with van der Waals surface area (Å²) < 4.78 is 23.6. The van der Waals surface area contributed by atoms with Crippen LogP contribution in [0.2, 0.25) is 0 Å². The van der Waals surface area contributed by atoms with Crippen molar-refractivity contribution in [1.82, 2.24) is 5.32 Å². The van der Waals surface area contributed by atoms with Crippen molar-refractivity contribution in [1.29, 1.82) is 0 Å². The monoisotopic (exact) mass is 994 g/mol. The van der Waals surface area contributed by atoms with E-state index >= 15 is 0 Å². The summed E-state index contributed by atoms with van der Waals surface area (Å²) in [6, 6.07) is -1.16. The predicted octanol–water partition coefficient (Wildman–Crippen LogP) is -0.381. The molecule has 0 aromatic carbocycles. The Bertz CT molecular complexity index is 1820. The SMILES string of the molecule is C[C@@H]1OC(=O)CC(O)CC(O)CCC(O)C(O)CC(O)CC2(O)C[C@H](O)C(C(=O)NCCC(N)=O)[C@H](CC(O[C@@H]3O[C@H](C)C(O)[C@H](N)C3O)/C=C/C=C/C=C/C=C/C=C/C=C/C=C/[C@H](C)C(O)[C@H]1C)O2. The molecule has 3 aliphatic heterocycles. The number of carbonyl (C=O) groups is 3. The first-order chi connectivity index (χ1) is 33.0. The Hall–Kier alpha value is -3.97. The maximum atomic E-state index is 13.6. The van der Waals surface area contributed by atoms with E-state index in [1.54, 1.807) is 80.7 Å². The van der Waals surface area contributed by atoms with Gasteiger partial charge in [-0.15, -0.1) is 0 Å². The molecule has 3 heterocycles. The highest BCUT2D eigenvalue weighted by molar-refractivity contribution is 5.81. The molecule has 19 atom stereocenters. The Labute approximate surface area is 410 Å². The van der Waals surface area contributed by atoms with Gasteiger partial charge in [0.25, 0.3) is 0 Å². The average Bonchev–Trinajstić information content (AvgIpc) is 3.27. The highest BCUT2D eigenvalue weighted by Crippen LogP contribution is 2.38. The number of aliphatic hydroxyl groups excluding tert-OH is 9. The third kappa shape index (κ3) is 20.6. The fraction of sp³-hybridized carbons (Fsp3) is 0.660. The van der Waals surface area contributed by atoms with Crippen LogP contribution in [-0.4, -0.2) is 173 Å². The molecule has 0 aromatic heterocycles. The first-order valence-electron chi connectivity index (χ1n) is 24.0. The van der Waals surface area contributed by atoms with Crippen LogP contribution in [0.15, 0.2) is 85.1 Å². The lowest BCUT2D eigenvalue weighted by molar-refractivity contribution is -0.307. The number of esters is 1. The molecule has 70 heavy (non-hydrogen) atoms. The van der Waals surface area contributed by atoms with Gasteiger partial charge in [0.1, 0.15) is 12.2 Å². The largest absolute Gasteiger partial charge is 0.462 e. The molecule has 2 fully saturated rings. The third-order valence-corrected chi connectivity index (χ3v) is 12.7. The lowest BCUT2D eigenvalue weighted by Crippen LogP contribution is -2.62. The number of amides is 2. The van der Waals surface area contributed by atoms with Crippen molar-refractivity contribution >= 4 is 17.8 Å². The average molecular weight is 994 g/mol. The van der Waals surface area contributed by atoms with Gasteiger partial charge < -0.3 is 86.8 Å². The molecule has 15 N–H and O–H groups in total. The zero-order valence-corrected chi connectivity index (χ0v) is 40.5. The highest BCUT2D eigenvalue weighted by Gasteiger charge is 2.51. The molecule has 11 unspecified atom stereocenters. The first kappa shape index (κ1) is 60.3. The van der Waals surface area contributed by atoms with Crippen molar-refractivity contribution in [2.24, 2.45) is 29.2 Å². The number of cyclic esters (lactones) is 1. The smallest absolute Gasteiger partial charge is 0.308 e. The minimum absolute atomic E-state index is 0.115. The van der Waals surface area contributed by atoms with E-state index in [2.05, 4.69) is 5.32 Å². The molecule has 2 amide bonds. The number of hydrogen-bond donors (Lipinski definition) is 13. The number of rotatable bonds is 6. The van der Waals surface area contributed by atoms with Crippen LogP contribution in [0.1, 0.15) is 85.5 Å². The van der Waals surface area contributed by atoms with E-state index in [4.69, 9.17) is 30.4 Å². The van der Waals surface area contributed by atoms with E-state index < -0.39 is 153 Å². The lowest BCUT2D eigenvalue weighted by atomic mass is 9.82. The number of aliphatic hydroxyl groups is 10. The molecule has 2 bridgehead atoms. The van der Waals surface area contributed by atoms with Gasteiger partial charge in [-0.25, -0.2) is 0 Å². The summed E-state index contributed by atoms with van der Waals surface area (Å²) in [5.74, 6) is -6.66. The van der Waals surface area contributed by atoms with Crippen molar-refractivity contribution in [3.63, 3.8) is 0 Å². The molecular weight excluding hydrogens is 915 g/mol. The Morgan fingerprint density at radius 3 is 1.89 bits per heavy atom. The molecule has 3 rings (SSSR count). The predicted molar refractivity (Wildman–Crippen MR) is 256 cm³/mol. The van der Waals surface area contributed by atoms with Gasteiger partial charge in [0.15, 0.2) is 12.1 Å². The van der Waals surface area contributed by atoms with Gasteiger partial charge in [-0.1, -0.05) is 98.9 Å². The van der Waals surface area contributed by atoms with Crippen molar-refractivity contribution in [3.8, 4) is 0 Å². The Balaban J connectivity index is 1.93. The molecule has 2 saturated heterocycles. The van der Waals surface area contributed by atoms with Crippen LogP contribution in [0.4, 0.5) is 0 Å². The summed E-state index contributed by atoms with van der Waals surface area (Å²) in [5, 5.41) is 112. The molecule has 0 radical (unpaired) electrons. The quantitative estimate of drug-likeness (QED) is 0.151. The van der Waals surface area contributed by atoms with Crippen LogP contribution in [0.5, 0.6) is 0 Å². The van der Waals surface area contributed by atoms with Crippen LogP contribution < -0.4 is 16.8 Å². The van der Waals surface area contributed by atoms with E-state index in [0.717, 1.165) is 0 Å². The first-order valence-corrected chi connectivity index (χ1v) is 24.0. The zero-order valence-electron chi connectivity index (χ0n) is 40.5. The molecule has 0 saturated carbocycles. The molecule has 20 heteroatoms. The molecule has 3 aliphatic rings. The number of carbonyl (C=O) groups excluding carboxylic acids is 3. The normalized spacial score (nSPS) is 43.0.